The maximum absolute atomic E-state index is 4.15. The Kier molecular flexibility index (Phi) is 4.22. The van der Waals surface area contributed by atoms with E-state index >= 15 is 0 Å². The van der Waals surface area contributed by atoms with E-state index < -0.39 is 0 Å². The molecule has 5 heteroatoms. The molecule has 0 spiro atoms. The quantitative estimate of drug-likeness (QED) is 0.854. The first-order chi connectivity index (χ1) is 9.85. The van der Waals surface area contributed by atoms with Gasteiger partial charge < -0.3 is 0 Å². The van der Waals surface area contributed by atoms with Crippen LogP contribution in [0.25, 0.3) is 0 Å². The summed E-state index contributed by atoms with van der Waals surface area (Å²) >= 11 is 0.253. The predicted molar refractivity (Wildman–Crippen MR) is 84.8 cm³/mol. The summed E-state index contributed by atoms with van der Waals surface area (Å²) in [5.74, 6) is 0.849. The molecule has 0 aliphatic carbocycles. The van der Waals surface area contributed by atoms with Crippen LogP contribution in [0.4, 0.5) is 11.5 Å². The van der Waals surface area contributed by atoms with Crippen molar-refractivity contribution in [3.63, 3.8) is 0 Å². The number of anilines is 2. The van der Waals surface area contributed by atoms with Crippen molar-refractivity contribution in [2.75, 3.05) is 23.3 Å². The van der Waals surface area contributed by atoms with Crippen LogP contribution in [0.2, 0.25) is 10.4 Å². The van der Waals surface area contributed by atoms with Crippen molar-refractivity contribution in [1.29, 1.82) is 0 Å². The van der Waals surface area contributed by atoms with Gasteiger partial charge in [0.05, 0.1) is 0 Å². The molecule has 4 nitrogen and oxygen atoms in total. The van der Waals surface area contributed by atoms with Crippen LogP contribution in [0.3, 0.4) is 0 Å². The normalized spacial score (nSPS) is 15.6. The van der Waals surface area contributed by atoms with Crippen molar-refractivity contribution in [1.82, 2.24) is 10.2 Å². The zero-order valence-electron chi connectivity index (χ0n) is 11.6. The summed E-state index contributed by atoms with van der Waals surface area (Å²) in [6.07, 6.45) is 1.86. The second-order valence-corrected chi connectivity index (χ2v) is 7.95. The van der Waals surface area contributed by atoms with E-state index in [1.165, 1.54) is 24.3 Å². The molecule has 104 valence electrons. The van der Waals surface area contributed by atoms with Crippen LogP contribution in [-0.4, -0.2) is 39.0 Å². The van der Waals surface area contributed by atoms with Gasteiger partial charge in [-0.3, -0.25) is 0 Å². The van der Waals surface area contributed by atoms with Crippen molar-refractivity contribution in [3.05, 3.63) is 48.2 Å². The minimum absolute atomic E-state index is 0.253. The third-order valence-electron chi connectivity index (χ3n) is 3.61. The molecule has 1 atom stereocenters. The SMILES string of the molecule is C[AsH]C1CN(c2cnnc(NCc3ccccc3)c2)C1. The molecule has 1 N–H and O–H groups in total. The second-order valence-electron chi connectivity index (χ2n) is 5.03. The van der Waals surface area contributed by atoms with Crippen LogP contribution < -0.4 is 10.2 Å². The Labute approximate surface area is 126 Å². The summed E-state index contributed by atoms with van der Waals surface area (Å²) in [5, 5.41) is 11.6. The van der Waals surface area contributed by atoms with Crippen LogP contribution in [0.1, 0.15) is 5.56 Å². The van der Waals surface area contributed by atoms with E-state index in [4.69, 9.17) is 0 Å². The molecule has 1 saturated heterocycles. The van der Waals surface area contributed by atoms with Crippen molar-refractivity contribution in [3.8, 4) is 0 Å². The van der Waals surface area contributed by atoms with Gasteiger partial charge in [-0.1, -0.05) is 0 Å². The van der Waals surface area contributed by atoms with Crippen LogP contribution in [-0.2, 0) is 6.54 Å². The zero-order valence-corrected chi connectivity index (χ0v) is 13.7. The molecule has 1 aliphatic heterocycles. The molecule has 1 unspecified atom stereocenters. The van der Waals surface area contributed by atoms with Crippen LogP contribution in [0, 0.1) is 0 Å². The van der Waals surface area contributed by atoms with E-state index in [0.29, 0.717) is 0 Å². The van der Waals surface area contributed by atoms with Gasteiger partial charge in [0, 0.05) is 0 Å². The number of benzene rings is 1. The number of hydrogen-bond donors (Lipinski definition) is 1. The number of nitrogens with one attached hydrogen (secondary N) is 1. The second kappa shape index (κ2) is 6.27. The summed E-state index contributed by atoms with van der Waals surface area (Å²) in [7, 11) is 0. The molecule has 0 radical (unpaired) electrons. The molecule has 3 rings (SSSR count). The van der Waals surface area contributed by atoms with Gasteiger partial charge in [0.2, 0.25) is 0 Å². The monoisotopic (exact) mass is 330 g/mol. The van der Waals surface area contributed by atoms with Gasteiger partial charge in [-0.25, -0.2) is 0 Å². The van der Waals surface area contributed by atoms with E-state index in [-0.39, 0.29) is 15.8 Å². The van der Waals surface area contributed by atoms with Gasteiger partial charge in [-0.2, -0.15) is 0 Å². The topological polar surface area (TPSA) is 41.1 Å². The summed E-state index contributed by atoms with van der Waals surface area (Å²) in [6.45, 7) is 3.17. The average Bonchev–Trinajstić information content (AvgIpc) is 2.46. The molecular formula is C15H19AsN4. The van der Waals surface area contributed by atoms with E-state index in [9.17, 15) is 0 Å². The number of nitrogens with zero attached hydrogens (tertiary/aromatic N) is 3. The predicted octanol–water partition coefficient (Wildman–Crippen LogP) is 2.18. The van der Waals surface area contributed by atoms with E-state index in [2.05, 4.69) is 44.3 Å². The fourth-order valence-electron chi connectivity index (χ4n) is 2.28. The van der Waals surface area contributed by atoms with Gasteiger partial charge in [0.15, 0.2) is 0 Å². The van der Waals surface area contributed by atoms with Crippen LogP contribution in [0.15, 0.2) is 42.6 Å². The molecule has 1 aromatic carbocycles. The summed E-state index contributed by atoms with van der Waals surface area (Å²) in [4.78, 5) is 2.39. The molecule has 2 heterocycles. The fraction of sp³-hybridized carbons (Fsp3) is 0.333. The first-order valence-electron chi connectivity index (χ1n) is 6.88. The summed E-state index contributed by atoms with van der Waals surface area (Å²) in [6, 6.07) is 12.4. The number of hydrogen-bond acceptors (Lipinski definition) is 4. The Hall–Kier alpha value is -1.54. The van der Waals surface area contributed by atoms with Gasteiger partial charge in [0.25, 0.3) is 0 Å². The van der Waals surface area contributed by atoms with Crippen molar-refractivity contribution in [2.45, 2.75) is 17.0 Å². The molecule has 1 aromatic heterocycles. The minimum atomic E-state index is 0.253. The van der Waals surface area contributed by atoms with E-state index in [1.54, 1.807) is 0 Å². The third-order valence-corrected chi connectivity index (χ3v) is 6.09. The Morgan fingerprint density at radius 1 is 1.30 bits per heavy atom. The van der Waals surface area contributed by atoms with Crippen LogP contribution in [0.5, 0.6) is 0 Å². The Morgan fingerprint density at radius 2 is 2.10 bits per heavy atom. The molecular weight excluding hydrogens is 311 g/mol. The molecule has 1 aliphatic rings. The molecule has 1 fully saturated rings. The molecule has 0 amide bonds. The van der Waals surface area contributed by atoms with Gasteiger partial charge in [0.1, 0.15) is 0 Å². The maximum atomic E-state index is 4.15. The van der Waals surface area contributed by atoms with E-state index in [0.717, 1.165) is 17.1 Å². The van der Waals surface area contributed by atoms with Crippen molar-refractivity contribution >= 4 is 27.3 Å². The third kappa shape index (κ3) is 3.13. The van der Waals surface area contributed by atoms with Crippen molar-refractivity contribution in [2.24, 2.45) is 0 Å². The Bertz CT molecular complexity index is 555. The molecule has 20 heavy (non-hydrogen) atoms. The Balaban J connectivity index is 1.60. The number of rotatable bonds is 5. The molecule has 2 aromatic rings. The summed E-state index contributed by atoms with van der Waals surface area (Å²) in [5.41, 5.74) is 4.81. The summed E-state index contributed by atoms with van der Waals surface area (Å²) < 4.78 is 0.962. The zero-order chi connectivity index (χ0) is 13.8. The fourth-order valence-corrected chi connectivity index (χ4v) is 3.97. The van der Waals surface area contributed by atoms with Gasteiger partial charge >= 0.3 is 126 Å². The molecule has 0 bridgehead atoms. The Morgan fingerprint density at radius 3 is 2.85 bits per heavy atom. The first-order valence-corrected chi connectivity index (χ1v) is 10.2. The number of aromatic nitrogens is 2. The van der Waals surface area contributed by atoms with Crippen molar-refractivity contribution < 1.29 is 0 Å². The van der Waals surface area contributed by atoms with Crippen LogP contribution >= 0.6 is 0 Å². The standard InChI is InChI=1S/C15H19AsN4/c1-16-13-10-20(11-13)14-7-15(19-18-9-14)17-8-12-5-3-2-4-6-12/h2-7,9,13,16H,8,10-11H2,1H3,(H,17,19). The van der Waals surface area contributed by atoms with Gasteiger partial charge in [-0.15, -0.1) is 0 Å². The average molecular weight is 330 g/mol. The van der Waals surface area contributed by atoms with Gasteiger partial charge in [-0.05, 0) is 0 Å². The first kappa shape index (κ1) is 13.4. The molecule has 0 saturated carbocycles. The van der Waals surface area contributed by atoms with E-state index in [1.807, 2.05) is 24.4 Å².